The summed E-state index contributed by atoms with van der Waals surface area (Å²) in [4.78, 5) is -0.0254. The maximum absolute atomic E-state index is 12.1. The Bertz CT molecular complexity index is 702. The summed E-state index contributed by atoms with van der Waals surface area (Å²) in [5.74, 6) is -0.249. The predicted molar refractivity (Wildman–Crippen MR) is 70.7 cm³/mol. The molecule has 0 heterocycles. The Morgan fingerprint density at radius 3 is 2.42 bits per heavy atom. The van der Waals surface area contributed by atoms with Crippen LogP contribution < -0.4 is 0 Å². The lowest BCUT2D eigenvalue weighted by atomic mass is 10.2. The van der Waals surface area contributed by atoms with Crippen LogP contribution >= 0.6 is 0 Å². The summed E-state index contributed by atoms with van der Waals surface area (Å²) in [5, 5.41) is 8.74. The van der Waals surface area contributed by atoms with Crippen molar-refractivity contribution in [1.29, 1.82) is 5.26 Å². The van der Waals surface area contributed by atoms with Crippen molar-refractivity contribution >= 4 is 19.9 Å². The van der Waals surface area contributed by atoms with E-state index in [1.54, 1.807) is 0 Å². The molecule has 0 aromatic heterocycles. The van der Waals surface area contributed by atoms with E-state index >= 15 is 0 Å². The summed E-state index contributed by atoms with van der Waals surface area (Å²) in [6.07, 6.45) is 1.05. The Labute approximate surface area is 113 Å². The molecule has 1 aromatic carbocycles. The molecule has 0 aliphatic heterocycles. The van der Waals surface area contributed by atoms with Crippen LogP contribution in [0, 0.1) is 11.3 Å². The maximum Gasteiger partial charge on any atom is 0.242 e. The molecule has 0 aliphatic rings. The monoisotopic (exact) mass is 302 g/mol. The van der Waals surface area contributed by atoms with Crippen LogP contribution in [0.3, 0.4) is 0 Å². The van der Waals surface area contributed by atoms with Crippen molar-refractivity contribution in [3.05, 3.63) is 29.8 Å². The summed E-state index contributed by atoms with van der Waals surface area (Å²) < 4.78 is 47.3. The van der Waals surface area contributed by atoms with Crippen molar-refractivity contribution in [2.45, 2.75) is 4.90 Å². The zero-order chi connectivity index (χ0) is 14.7. The van der Waals surface area contributed by atoms with Gasteiger partial charge in [-0.05, 0) is 18.2 Å². The predicted octanol–water partition coefficient (Wildman–Crippen LogP) is 0.223. The summed E-state index contributed by atoms with van der Waals surface area (Å²) in [7, 11) is -5.70. The fraction of sp³-hybridized carbons (Fsp3) is 0.364. The normalized spacial score (nSPS) is 12.3. The second-order valence-electron chi connectivity index (χ2n) is 4.10. The highest BCUT2D eigenvalue weighted by atomic mass is 32.2. The van der Waals surface area contributed by atoms with Crippen molar-refractivity contribution in [2.75, 3.05) is 25.6 Å². The van der Waals surface area contributed by atoms with E-state index in [0.717, 1.165) is 10.6 Å². The first kappa shape index (κ1) is 15.6. The molecular weight excluding hydrogens is 288 g/mol. The van der Waals surface area contributed by atoms with E-state index < -0.39 is 19.9 Å². The van der Waals surface area contributed by atoms with E-state index in [1.807, 2.05) is 6.07 Å². The minimum Gasteiger partial charge on any atom is -0.229 e. The van der Waals surface area contributed by atoms with Crippen LogP contribution in [0.25, 0.3) is 0 Å². The molecule has 0 amide bonds. The Hall–Kier alpha value is -1.43. The summed E-state index contributed by atoms with van der Waals surface area (Å²) in [6.45, 7) is -0.127. The first-order chi connectivity index (χ1) is 8.66. The van der Waals surface area contributed by atoms with Crippen LogP contribution in [0.1, 0.15) is 5.56 Å². The number of hydrogen-bond donors (Lipinski definition) is 0. The first-order valence-electron chi connectivity index (χ1n) is 5.31. The molecule has 0 spiro atoms. The number of hydrogen-bond acceptors (Lipinski definition) is 5. The van der Waals surface area contributed by atoms with Gasteiger partial charge in [0.1, 0.15) is 9.84 Å². The smallest absolute Gasteiger partial charge is 0.229 e. The minimum absolute atomic E-state index is 0.0254. The first-order valence-corrected chi connectivity index (χ1v) is 8.81. The van der Waals surface area contributed by atoms with Crippen molar-refractivity contribution in [1.82, 2.24) is 4.31 Å². The zero-order valence-corrected chi connectivity index (χ0v) is 12.2. The molecule has 1 aromatic rings. The number of nitriles is 1. The summed E-state index contributed by atoms with van der Waals surface area (Å²) in [6, 6.07) is 7.44. The van der Waals surface area contributed by atoms with Gasteiger partial charge >= 0.3 is 0 Å². The van der Waals surface area contributed by atoms with E-state index in [0.29, 0.717) is 0 Å². The molecule has 8 heteroatoms. The quantitative estimate of drug-likeness (QED) is 0.775. The highest BCUT2D eigenvalue weighted by molar-refractivity contribution is 7.91. The fourth-order valence-corrected chi connectivity index (χ4v) is 3.26. The van der Waals surface area contributed by atoms with Gasteiger partial charge < -0.3 is 0 Å². The van der Waals surface area contributed by atoms with Crippen LogP contribution in [0.4, 0.5) is 0 Å². The third kappa shape index (κ3) is 4.31. The third-order valence-electron chi connectivity index (χ3n) is 2.45. The van der Waals surface area contributed by atoms with Crippen LogP contribution in [0.15, 0.2) is 29.2 Å². The molecule has 0 fully saturated rings. The Balaban J connectivity index is 3.00. The van der Waals surface area contributed by atoms with Crippen LogP contribution in [-0.2, 0) is 19.9 Å². The Kier molecular flexibility index (Phi) is 4.68. The molecule has 0 radical (unpaired) electrons. The average molecular weight is 302 g/mol. The second-order valence-corrected chi connectivity index (χ2v) is 8.40. The zero-order valence-electron chi connectivity index (χ0n) is 10.6. The van der Waals surface area contributed by atoms with Crippen molar-refractivity contribution in [3.63, 3.8) is 0 Å². The number of sulfone groups is 1. The Morgan fingerprint density at radius 1 is 1.26 bits per heavy atom. The van der Waals surface area contributed by atoms with Gasteiger partial charge in [0.15, 0.2) is 0 Å². The van der Waals surface area contributed by atoms with Gasteiger partial charge in [0.25, 0.3) is 0 Å². The SMILES string of the molecule is CN(CCS(C)(=O)=O)S(=O)(=O)c1cccc(C#N)c1. The molecular formula is C11H14N2O4S2. The lowest BCUT2D eigenvalue weighted by molar-refractivity contribution is 0.485. The number of benzene rings is 1. The lowest BCUT2D eigenvalue weighted by Gasteiger charge is -2.16. The highest BCUT2D eigenvalue weighted by Gasteiger charge is 2.21. The summed E-state index contributed by atoms with van der Waals surface area (Å²) >= 11 is 0. The summed E-state index contributed by atoms with van der Waals surface area (Å²) in [5.41, 5.74) is 0.234. The van der Waals surface area contributed by atoms with Crippen molar-refractivity contribution in [3.8, 4) is 6.07 Å². The molecule has 0 atom stereocenters. The van der Waals surface area contributed by atoms with Gasteiger partial charge in [-0.25, -0.2) is 16.8 Å². The molecule has 0 unspecified atom stereocenters. The molecule has 0 N–H and O–H groups in total. The average Bonchev–Trinajstić information content (AvgIpc) is 2.35. The van der Waals surface area contributed by atoms with Gasteiger partial charge in [-0.1, -0.05) is 6.07 Å². The van der Waals surface area contributed by atoms with Gasteiger partial charge in [-0.3, -0.25) is 0 Å². The van der Waals surface area contributed by atoms with E-state index in [4.69, 9.17) is 5.26 Å². The van der Waals surface area contributed by atoms with Gasteiger partial charge in [-0.2, -0.15) is 9.57 Å². The molecule has 0 saturated heterocycles. The molecule has 0 bridgehead atoms. The number of nitrogens with zero attached hydrogens (tertiary/aromatic N) is 2. The lowest BCUT2D eigenvalue weighted by Crippen LogP contribution is -2.31. The maximum atomic E-state index is 12.1. The highest BCUT2D eigenvalue weighted by Crippen LogP contribution is 2.15. The molecule has 0 saturated carbocycles. The molecule has 6 nitrogen and oxygen atoms in total. The van der Waals surface area contributed by atoms with Gasteiger partial charge in [-0.15, -0.1) is 0 Å². The molecule has 104 valence electrons. The number of rotatable bonds is 5. The number of sulfonamides is 1. The van der Waals surface area contributed by atoms with Gasteiger partial charge in [0.2, 0.25) is 10.0 Å². The van der Waals surface area contributed by atoms with Crippen molar-refractivity contribution in [2.24, 2.45) is 0 Å². The van der Waals surface area contributed by atoms with Crippen LogP contribution in [0.5, 0.6) is 0 Å². The Morgan fingerprint density at radius 2 is 1.89 bits per heavy atom. The van der Waals surface area contributed by atoms with E-state index in [9.17, 15) is 16.8 Å². The molecule has 19 heavy (non-hydrogen) atoms. The van der Waals surface area contributed by atoms with Gasteiger partial charge in [0, 0.05) is 19.8 Å². The van der Waals surface area contributed by atoms with Gasteiger partial charge in [0.05, 0.1) is 22.3 Å². The third-order valence-corrected chi connectivity index (χ3v) is 5.23. The minimum atomic E-state index is -3.78. The van der Waals surface area contributed by atoms with E-state index in [2.05, 4.69) is 0 Å². The standard InChI is InChI=1S/C11H14N2O4S2/c1-13(6-7-18(2,14)15)19(16,17)11-5-3-4-10(8-11)9-12/h3-5,8H,6-7H2,1-2H3. The molecule has 0 aliphatic carbocycles. The second kappa shape index (κ2) is 5.69. The topological polar surface area (TPSA) is 95.3 Å². The van der Waals surface area contributed by atoms with E-state index in [1.165, 1.54) is 31.3 Å². The fourth-order valence-electron chi connectivity index (χ4n) is 1.32. The largest absolute Gasteiger partial charge is 0.242 e. The van der Waals surface area contributed by atoms with Crippen LogP contribution in [-0.4, -0.2) is 46.7 Å². The van der Waals surface area contributed by atoms with Crippen molar-refractivity contribution < 1.29 is 16.8 Å². The van der Waals surface area contributed by atoms with E-state index in [-0.39, 0.29) is 22.8 Å². The molecule has 1 rings (SSSR count). The van der Waals surface area contributed by atoms with Crippen LogP contribution in [0.2, 0.25) is 0 Å².